The molecule has 0 aliphatic carbocycles. The molecule has 0 aromatic carbocycles. The highest BCUT2D eigenvalue weighted by atomic mass is 16.6. The van der Waals surface area contributed by atoms with Crippen molar-refractivity contribution in [2.45, 2.75) is 59.1 Å². The smallest absolute Gasteiger partial charge is 0.410 e. The van der Waals surface area contributed by atoms with Gasteiger partial charge in [0.1, 0.15) is 18.8 Å². The summed E-state index contributed by atoms with van der Waals surface area (Å²) < 4.78 is 15.0. The lowest BCUT2D eigenvalue weighted by Gasteiger charge is -2.33. The summed E-state index contributed by atoms with van der Waals surface area (Å²) in [5.41, 5.74) is -0.570. The Morgan fingerprint density at radius 2 is 1.76 bits per heavy atom. The first kappa shape index (κ1) is 22.9. The van der Waals surface area contributed by atoms with Crippen LogP contribution in [0, 0.1) is 5.92 Å². The molecular formula is C18H31NO6. The summed E-state index contributed by atoms with van der Waals surface area (Å²) >= 11 is 0. The lowest BCUT2D eigenvalue weighted by Crippen LogP contribution is -2.47. The van der Waals surface area contributed by atoms with Gasteiger partial charge in [0.05, 0.1) is 7.11 Å². The summed E-state index contributed by atoms with van der Waals surface area (Å²) in [4.78, 5) is 37.2. The number of nitrogens with zero attached hydrogens (tertiary/aromatic N) is 1. The van der Waals surface area contributed by atoms with Gasteiger partial charge in [0.2, 0.25) is 0 Å². The number of esters is 2. The zero-order valence-electron chi connectivity index (χ0n) is 16.2. The molecule has 0 heterocycles. The molecule has 0 bridgehead atoms. The monoisotopic (exact) mass is 357 g/mol. The molecule has 0 aliphatic rings. The van der Waals surface area contributed by atoms with E-state index in [1.54, 1.807) is 20.8 Å². The van der Waals surface area contributed by atoms with Crippen LogP contribution in [0.5, 0.6) is 0 Å². The number of amides is 1. The van der Waals surface area contributed by atoms with Gasteiger partial charge >= 0.3 is 18.0 Å². The summed E-state index contributed by atoms with van der Waals surface area (Å²) in [6.45, 7) is 12.5. The number of carbonyl (C=O) groups excluding carboxylic acids is 3. The highest BCUT2D eigenvalue weighted by Gasteiger charge is 2.30. The van der Waals surface area contributed by atoms with E-state index in [1.807, 2.05) is 13.8 Å². The highest BCUT2D eigenvalue weighted by Crippen LogP contribution is 2.19. The molecule has 0 saturated heterocycles. The molecule has 0 aliphatic heterocycles. The van der Waals surface area contributed by atoms with E-state index in [-0.39, 0.29) is 37.5 Å². The quantitative estimate of drug-likeness (QED) is 0.358. The Kier molecular flexibility index (Phi) is 9.86. The van der Waals surface area contributed by atoms with Crippen LogP contribution >= 0.6 is 0 Å². The van der Waals surface area contributed by atoms with Gasteiger partial charge in [-0.1, -0.05) is 26.5 Å². The van der Waals surface area contributed by atoms with Crippen LogP contribution < -0.4 is 0 Å². The predicted molar refractivity (Wildman–Crippen MR) is 94.0 cm³/mol. The molecule has 0 aromatic heterocycles. The minimum atomic E-state index is -0.645. The standard InChI is InChI=1S/C18H31NO6/c1-8-11-24-17(22)19(12-16(21)23-7)14(13(2)3)9-10-15(20)25-18(4,5)6/h8,13-14H,1,9-12H2,2-7H3. The maximum atomic E-state index is 12.3. The van der Waals surface area contributed by atoms with Crippen LogP contribution in [-0.4, -0.2) is 54.8 Å². The van der Waals surface area contributed by atoms with Crippen LogP contribution in [0.1, 0.15) is 47.5 Å². The van der Waals surface area contributed by atoms with Crippen LogP contribution in [0.15, 0.2) is 12.7 Å². The van der Waals surface area contributed by atoms with Gasteiger partial charge < -0.3 is 14.2 Å². The van der Waals surface area contributed by atoms with E-state index < -0.39 is 17.7 Å². The molecule has 7 nitrogen and oxygen atoms in total. The number of rotatable bonds is 9. The molecule has 0 radical (unpaired) electrons. The topological polar surface area (TPSA) is 82.1 Å². The molecule has 0 rings (SSSR count). The molecule has 0 N–H and O–H groups in total. The first-order valence-corrected chi connectivity index (χ1v) is 8.34. The fraction of sp³-hybridized carbons (Fsp3) is 0.722. The van der Waals surface area contributed by atoms with E-state index in [0.717, 1.165) is 0 Å². The number of ether oxygens (including phenoxy) is 3. The molecule has 0 fully saturated rings. The molecule has 144 valence electrons. The van der Waals surface area contributed by atoms with Crippen molar-refractivity contribution in [3.8, 4) is 0 Å². The zero-order valence-corrected chi connectivity index (χ0v) is 16.2. The van der Waals surface area contributed by atoms with E-state index in [9.17, 15) is 14.4 Å². The summed E-state index contributed by atoms with van der Waals surface area (Å²) in [6, 6.07) is -0.371. The number of hydrogen-bond acceptors (Lipinski definition) is 6. The van der Waals surface area contributed by atoms with Crippen molar-refractivity contribution >= 4 is 18.0 Å². The van der Waals surface area contributed by atoms with Crippen LogP contribution in [0.4, 0.5) is 4.79 Å². The fourth-order valence-corrected chi connectivity index (χ4v) is 2.24. The first-order chi connectivity index (χ1) is 11.5. The number of carbonyl (C=O) groups is 3. The van der Waals surface area contributed by atoms with E-state index in [4.69, 9.17) is 9.47 Å². The SMILES string of the molecule is C=CCOC(=O)N(CC(=O)OC)C(CCC(=O)OC(C)(C)C)C(C)C. The van der Waals surface area contributed by atoms with Gasteiger partial charge in [0.15, 0.2) is 0 Å². The van der Waals surface area contributed by atoms with Gasteiger partial charge in [-0.2, -0.15) is 0 Å². The predicted octanol–water partition coefficient (Wildman–Crippen LogP) is 2.93. The molecule has 25 heavy (non-hydrogen) atoms. The maximum Gasteiger partial charge on any atom is 0.410 e. The summed E-state index contributed by atoms with van der Waals surface area (Å²) in [7, 11) is 1.25. The second-order valence-electron chi connectivity index (χ2n) is 7.01. The van der Waals surface area contributed by atoms with Gasteiger partial charge in [-0.3, -0.25) is 14.5 Å². The van der Waals surface area contributed by atoms with Crippen molar-refractivity contribution in [2.24, 2.45) is 5.92 Å². The Bertz CT molecular complexity index is 467. The molecule has 0 aromatic rings. The summed E-state index contributed by atoms with van der Waals surface area (Å²) in [6.07, 6.45) is 1.28. The van der Waals surface area contributed by atoms with Crippen LogP contribution in [0.3, 0.4) is 0 Å². The lowest BCUT2D eigenvalue weighted by molar-refractivity contribution is -0.155. The normalized spacial score (nSPS) is 12.3. The fourth-order valence-electron chi connectivity index (χ4n) is 2.24. The molecule has 1 unspecified atom stereocenters. The number of methoxy groups -OCH3 is 1. The lowest BCUT2D eigenvalue weighted by atomic mass is 9.97. The van der Waals surface area contributed by atoms with Gasteiger partial charge in [-0.15, -0.1) is 0 Å². The highest BCUT2D eigenvalue weighted by molar-refractivity contribution is 5.78. The Balaban J connectivity index is 5.12. The van der Waals surface area contributed by atoms with Crippen LogP contribution in [-0.2, 0) is 23.8 Å². The van der Waals surface area contributed by atoms with Crippen LogP contribution in [0.25, 0.3) is 0 Å². The minimum Gasteiger partial charge on any atom is -0.468 e. The average Bonchev–Trinajstić information content (AvgIpc) is 2.49. The van der Waals surface area contributed by atoms with Crippen molar-refractivity contribution in [2.75, 3.05) is 20.3 Å². The van der Waals surface area contributed by atoms with E-state index in [0.29, 0.717) is 6.42 Å². The van der Waals surface area contributed by atoms with Crippen molar-refractivity contribution in [3.05, 3.63) is 12.7 Å². The van der Waals surface area contributed by atoms with Gasteiger partial charge in [-0.05, 0) is 33.1 Å². The largest absolute Gasteiger partial charge is 0.468 e. The Morgan fingerprint density at radius 1 is 1.16 bits per heavy atom. The Hall–Kier alpha value is -2.05. The molecule has 7 heteroatoms. The third-order valence-electron chi connectivity index (χ3n) is 3.32. The molecular weight excluding hydrogens is 326 g/mol. The van der Waals surface area contributed by atoms with Gasteiger partial charge in [0.25, 0.3) is 0 Å². The second kappa shape index (κ2) is 10.7. The Morgan fingerprint density at radius 3 is 2.20 bits per heavy atom. The van der Waals surface area contributed by atoms with Crippen molar-refractivity contribution in [3.63, 3.8) is 0 Å². The molecule has 0 spiro atoms. The van der Waals surface area contributed by atoms with E-state index >= 15 is 0 Å². The summed E-state index contributed by atoms with van der Waals surface area (Å²) in [5, 5.41) is 0. The van der Waals surface area contributed by atoms with Crippen molar-refractivity contribution < 1.29 is 28.6 Å². The van der Waals surface area contributed by atoms with Crippen molar-refractivity contribution in [1.29, 1.82) is 0 Å². The zero-order chi connectivity index (χ0) is 19.6. The van der Waals surface area contributed by atoms with Crippen molar-refractivity contribution in [1.82, 2.24) is 4.90 Å². The molecule has 0 saturated carbocycles. The molecule has 1 amide bonds. The Labute approximate surface area is 150 Å². The molecule has 1 atom stereocenters. The van der Waals surface area contributed by atoms with Crippen LogP contribution in [0.2, 0.25) is 0 Å². The maximum absolute atomic E-state index is 12.3. The number of hydrogen-bond donors (Lipinski definition) is 0. The third-order valence-corrected chi connectivity index (χ3v) is 3.32. The van der Waals surface area contributed by atoms with Gasteiger partial charge in [-0.25, -0.2) is 4.79 Å². The average molecular weight is 357 g/mol. The van der Waals surface area contributed by atoms with E-state index in [1.165, 1.54) is 18.1 Å². The minimum absolute atomic E-state index is 0.00312. The van der Waals surface area contributed by atoms with E-state index in [2.05, 4.69) is 11.3 Å². The first-order valence-electron chi connectivity index (χ1n) is 8.34. The van der Waals surface area contributed by atoms with Gasteiger partial charge in [0, 0.05) is 12.5 Å². The summed E-state index contributed by atoms with van der Waals surface area (Å²) in [5.74, 6) is -0.905. The second-order valence-corrected chi connectivity index (χ2v) is 7.01. The third kappa shape index (κ3) is 9.74.